The third-order valence-corrected chi connectivity index (χ3v) is 3.87. The van der Waals surface area contributed by atoms with Crippen molar-refractivity contribution in [1.29, 1.82) is 0 Å². The van der Waals surface area contributed by atoms with Crippen LogP contribution in [0.2, 0.25) is 0 Å². The van der Waals surface area contributed by atoms with Gasteiger partial charge in [0.25, 0.3) is 0 Å². The van der Waals surface area contributed by atoms with Crippen LogP contribution < -0.4 is 0 Å². The molecule has 1 aliphatic rings. The third-order valence-electron chi connectivity index (χ3n) is 2.99. The van der Waals surface area contributed by atoms with E-state index in [1.165, 1.54) is 0 Å². The topological polar surface area (TPSA) is 55.1 Å². The number of nitrogens with zero attached hydrogens (tertiary/aromatic N) is 2. The summed E-state index contributed by atoms with van der Waals surface area (Å²) >= 11 is 1.58. The van der Waals surface area contributed by atoms with E-state index in [0.29, 0.717) is 13.0 Å². The lowest BCUT2D eigenvalue weighted by Gasteiger charge is -2.00. The van der Waals surface area contributed by atoms with Crippen LogP contribution in [-0.2, 0) is 13.0 Å². The number of aliphatic hydroxyl groups is 1. The lowest BCUT2D eigenvalue weighted by atomic mass is 10.1. The van der Waals surface area contributed by atoms with Crippen molar-refractivity contribution in [2.75, 3.05) is 6.61 Å². The van der Waals surface area contributed by atoms with Crippen LogP contribution in [0.4, 0.5) is 0 Å². The minimum Gasteiger partial charge on any atom is -0.394 e. The van der Waals surface area contributed by atoms with E-state index in [1.807, 2.05) is 17.5 Å². The fourth-order valence-corrected chi connectivity index (χ4v) is 2.98. The average Bonchev–Trinajstić information content (AvgIpc) is 2.99. The fourth-order valence-electron chi connectivity index (χ4n) is 2.27. The molecule has 88 valence electrons. The first-order valence-electron chi connectivity index (χ1n) is 5.59. The van der Waals surface area contributed by atoms with Gasteiger partial charge in [0.2, 0.25) is 0 Å². The second-order valence-corrected chi connectivity index (χ2v) is 4.97. The van der Waals surface area contributed by atoms with Crippen molar-refractivity contribution in [3.8, 4) is 10.6 Å². The van der Waals surface area contributed by atoms with Gasteiger partial charge in [0, 0.05) is 6.42 Å². The first-order valence-corrected chi connectivity index (χ1v) is 6.47. The molecule has 0 atom stereocenters. The maximum absolute atomic E-state index is 11.9. The van der Waals surface area contributed by atoms with E-state index in [-0.39, 0.29) is 12.4 Å². The average molecular weight is 248 g/mol. The molecule has 0 radical (unpaired) electrons. The van der Waals surface area contributed by atoms with Crippen molar-refractivity contribution in [3.05, 3.63) is 28.8 Å². The van der Waals surface area contributed by atoms with Crippen molar-refractivity contribution in [2.24, 2.45) is 0 Å². The summed E-state index contributed by atoms with van der Waals surface area (Å²) in [5, 5.41) is 15.5. The number of carbonyl (C=O) groups excluding carboxylic acids is 1. The van der Waals surface area contributed by atoms with E-state index in [0.717, 1.165) is 28.2 Å². The van der Waals surface area contributed by atoms with Gasteiger partial charge in [-0.15, -0.1) is 11.3 Å². The number of thiophene rings is 1. The van der Waals surface area contributed by atoms with Crippen molar-refractivity contribution >= 4 is 17.1 Å². The predicted molar refractivity (Wildman–Crippen MR) is 65.3 cm³/mol. The SMILES string of the molecule is O=C1CCc2c1c(-c1cccs1)nn2CCO. The van der Waals surface area contributed by atoms with Crippen LogP contribution in [0.5, 0.6) is 0 Å². The highest BCUT2D eigenvalue weighted by molar-refractivity contribution is 7.13. The van der Waals surface area contributed by atoms with Crippen molar-refractivity contribution in [3.63, 3.8) is 0 Å². The fraction of sp³-hybridized carbons (Fsp3) is 0.333. The largest absolute Gasteiger partial charge is 0.394 e. The molecule has 2 heterocycles. The van der Waals surface area contributed by atoms with Crippen LogP contribution in [0.15, 0.2) is 17.5 Å². The Morgan fingerprint density at radius 2 is 2.35 bits per heavy atom. The lowest BCUT2D eigenvalue weighted by Crippen LogP contribution is -2.07. The van der Waals surface area contributed by atoms with E-state index >= 15 is 0 Å². The molecule has 0 unspecified atom stereocenters. The zero-order valence-electron chi connectivity index (χ0n) is 9.22. The van der Waals surface area contributed by atoms with E-state index < -0.39 is 0 Å². The van der Waals surface area contributed by atoms with Crippen LogP contribution in [0.25, 0.3) is 10.6 Å². The summed E-state index contributed by atoms with van der Waals surface area (Å²) in [6, 6.07) is 3.93. The van der Waals surface area contributed by atoms with E-state index in [4.69, 9.17) is 5.11 Å². The Kier molecular flexibility index (Phi) is 2.57. The van der Waals surface area contributed by atoms with E-state index in [9.17, 15) is 4.79 Å². The number of carbonyl (C=O) groups is 1. The molecule has 17 heavy (non-hydrogen) atoms. The van der Waals surface area contributed by atoms with E-state index in [1.54, 1.807) is 16.0 Å². The third kappa shape index (κ3) is 1.62. The zero-order valence-corrected chi connectivity index (χ0v) is 10.0. The maximum Gasteiger partial charge on any atom is 0.167 e. The maximum atomic E-state index is 11.9. The molecule has 0 aliphatic heterocycles. The second-order valence-electron chi connectivity index (χ2n) is 4.02. The van der Waals surface area contributed by atoms with Crippen LogP contribution in [0.1, 0.15) is 22.5 Å². The minimum absolute atomic E-state index is 0.0478. The van der Waals surface area contributed by atoms with Gasteiger partial charge in [-0.1, -0.05) is 6.07 Å². The van der Waals surface area contributed by atoms with Crippen molar-refractivity contribution in [2.45, 2.75) is 19.4 Å². The first kappa shape index (κ1) is 10.7. The highest BCUT2D eigenvalue weighted by atomic mass is 32.1. The number of aromatic nitrogens is 2. The van der Waals surface area contributed by atoms with Crippen molar-refractivity contribution < 1.29 is 9.90 Å². The molecule has 4 nitrogen and oxygen atoms in total. The molecule has 0 fully saturated rings. The smallest absolute Gasteiger partial charge is 0.167 e. The summed E-state index contributed by atoms with van der Waals surface area (Å²) < 4.78 is 1.77. The Hall–Kier alpha value is -1.46. The lowest BCUT2D eigenvalue weighted by molar-refractivity contribution is 0.0995. The molecule has 2 aromatic heterocycles. The summed E-state index contributed by atoms with van der Waals surface area (Å²) in [7, 11) is 0. The normalized spacial score (nSPS) is 14.3. The number of fused-ring (bicyclic) bond motifs is 1. The van der Waals surface area contributed by atoms with Gasteiger partial charge in [0.05, 0.1) is 29.3 Å². The zero-order chi connectivity index (χ0) is 11.8. The molecule has 0 saturated carbocycles. The second kappa shape index (κ2) is 4.09. The van der Waals surface area contributed by atoms with Gasteiger partial charge in [-0.25, -0.2) is 0 Å². The first-order chi connectivity index (χ1) is 8.31. The Morgan fingerprint density at radius 3 is 3.06 bits per heavy atom. The number of rotatable bonds is 3. The molecule has 0 saturated heterocycles. The van der Waals surface area contributed by atoms with Gasteiger partial charge in [-0.2, -0.15) is 5.10 Å². The predicted octanol–water partition coefficient (Wildman–Crippen LogP) is 1.73. The number of ketones is 1. The van der Waals surface area contributed by atoms with Gasteiger partial charge < -0.3 is 5.11 Å². The summed E-state index contributed by atoms with van der Waals surface area (Å²) in [5.41, 5.74) is 2.53. The summed E-state index contributed by atoms with van der Waals surface area (Å²) in [5.74, 6) is 0.174. The molecule has 0 spiro atoms. The van der Waals surface area contributed by atoms with Gasteiger partial charge in [0.1, 0.15) is 5.69 Å². The molecule has 0 aromatic carbocycles. The van der Waals surface area contributed by atoms with Gasteiger partial charge in [-0.3, -0.25) is 9.48 Å². The van der Waals surface area contributed by atoms with Crippen molar-refractivity contribution in [1.82, 2.24) is 9.78 Å². The molecule has 0 amide bonds. The minimum atomic E-state index is 0.0478. The molecule has 1 N–H and O–H groups in total. The Labute approximate surface area is 103 Å². The summed E-state index contributed by atoms with van der Waals surface area (Å²) in [6.07, 6.45) is 1.31. The standard InChI is InChI=1S/C12H12N2O2S/c15-6-5-14-8-3-4-9(16)11(8)12(13-14)10-2-1-7-17-10/h1-2,7,15H,3-6H2. The van der Waals surface area contributed by atoms with Gasteiger partial charge in [-0.05, 0) is 17.9 Å². The number of Topliss-reactive ketones (excluding diaryl/α,β-unsaturated/α-hetero) is 1. The van der Waals surface area contributed by atoms with Crippen LogP contribution in [-0.4, -0.2) is 27.3 Å². The van der Waals surface area contributed by atoms with Crippen LogP contribution in [0.3, 0.4) is 0 Å². The van der Waals surface area contributed by atoms with Crippen LogP contribution in [0, 0.1) is 0 Å². The number of hydrogen-bond acceptors (Lipinski definition) is 4. The number of hydrogen-bond donors (Lipinski definition) is 1. The molecular formula is C12H12N2O2S. The highest BCUT2D eigenvalue weighted by Gasteiger charge is 2.29. The van der Waals surface area contributed by atoms with Crippen LogP contribution >= 0.6 is 11.3 Å². The van der Waals surface area contributed by atoms with Gasteiger partial charge in [0.15, 0.2) is 5.78 Å². The molecular weight excluding hydrogens is 236 g/mol. The monoisotopic (exact) mass is 248 g/mol. The Morgan fingerprint density at radius 1 is 1.47 bits per heavy atom. The molecule has 5 heteroatoms. The summed E-state index contributed by atoms with van der Waals surface area (Å²) in [6.45, 7) is 0.507. The van der Waals surface area contributed by atoms with Gasteiger partial charge >= 0.3 is 0 Å². The molecule has 3 rings (SSSR count). The Balaban J connectivity index is 2.16. The molecule has 1 aliphatic carbocycles. The van der Waals surface area contributed by atoms with E-state index in [2.05, 4.69) is 5.10 Å². The summed E-state index contributed by atoms with van der Waals surface area (Å²) in [4.78, 5) is 12.9. The molecule has 0 bridgehead atoms. The quantitative estimate of drug-likeness (QED) is 0.900. The Bertz CT molecular complexity index is 557. The molecule has 2 aromatic rings. The number of aliphatic hydroxyl groups excluding tert-OH is 1. The highest BCUT2D eigenvalue weighted by Crippen LogP contribution is 2.34.